The smallest absolute Gasteiger partial charge is 0.222 e. The summed E-state index contributed by atoms with van der Waals surface area (Å²) in [6.45, 7) is 9.70. The van der Waals surface area contributed by atoms with Crippen LogP contribution in [0.3, 0.4) is 0 Å². The zero-order valence-corrected chi connectivity index (χ0v) is 56.6. The Kier molecular flexibility index (Phi) is 52.1. The zero-order valence-electron chi connectivity index (χ0n) is 56.6. The Bertz CT molecular complexity index is 1980. The molecule has 0 aromatic heterocycles. The van der Waals surface area contributed by atoms with Crippen LogP contribution in [-0.4, -0.2) is 274 Å². The number of hydrogen-bond donors (Lipinski definition) is 13. The molecule has 0 aliphatic heterocycles. The maximum absolute atomic E-state index is 12.8. The van der Waals surface area contributed by atoms with Crippen LogP contribution in [0.1, 0.15) is 131 Å². The third-order valence-electron chi connectivity index (χ3n) is 13.6. The molecule has 0 radical (unpaired) electrons. The average Bonchev–Trinajstić information content (AvgIpc) is 1.12. The fraction of sp³-hybridized carbons (Fsp3) is 0.803. The van der Waals surface area contributed by atoms with Crippen molar-refractivity contribution in [3.8, 4) is 0 Å². The predicted molar refractivity (Wildman–Crippen MR) is 340 cm³/mol. The third-order valence-corrected chi connectivity index (χ3v) is 13.6. The van der Waals surface area contributed by atoms with E-state index < -0.39 is 78.6 Å². The van der Waals surface area contributed by atoms with E-state index in [2.05, 4.69) is 53.2 Å². The summed E-state index contributed by atoms with van der Waals surface area (Å²) >= 11 is 0. The molecule has 34 nitrogen and oxygen atoms in total. The summed E-state index contributed by atoms with van der Waals surface area (Å²) in [4.78, 5) is 144. The van der Waals surface area contributed by atoms with Crippen molar-refractivity contribution in [1.82, 2.24) is 53.2 Å². The lowest BCUT2D eigenvalue weighted by Crippen LogP contribution is -2.59. The minimum Gasteiger partial charge on any atom is -0.383 e. The highest BCUT2D eigenvalue weighted by Crippen LogP contribution is 2.14. The number of amides is 9. The lowest BCUT2D eigenvalue weighted by Gasteiger charge is -2.36. The Balaban J connectivity index is 5.20. The predicted octanol–water partition coefficient (Wildman–Crippen LogP) is -3.52. The molecular weight excluding hydrogens is 1260 g/mol. The van der Waals surface area contributed by atoms with E-state index >= 15 is 0 Å². The largest absolute Gasteiger partial charge is 0.383 e. The van der Waals surface area contributed by atoms with Crippen LogP contribution < -0.4 is 53.2 Å². The van der Waals surface area contributed by atoms with E-state index in [0.717, 1.165) is 0 Å². The van der Waals surface area contributed by atoms with Crippen LogP contribution >= 0.6 is 0 Å². The number of aliphatic hydroxyl groups is 3. The van der Waals surface area contributed by atoms with Gasteiger partial charge in [0.05, 0.1) is 45.2 Å². The van der Waals surface area contributed by atoms with Crippen molar-refractivity contribution in [2.75, 3.05) is 120 Å². The molecule has 548 valence electrons. The van der Waals surface area contributed by atoms with Crippen LogP contribution in [0.5, 0.6) is 0 Å². The first kappa shape index (κ1) is 88.7. The van der Waals surface area contributed by atoms with Gasteiger partial charge in [-0.1, -0.05) is 13.8 Å². The van der Waals surface area contributed by atoms with Gasteiger partial charge in [-0.2, -0.15) is 0 Å². The molecule has 34 heteroatoms. The van der Waals surface area contributed by atoms with Gasteiger partial charge in [0, 0.05) is 146 Å². The van der Waals surface area contributed by atoms with Crippen LogP contribution in [0.2, 0.25) is 0 Å². The van der Waals surface area contributed by atoms with Crippen molar-refractivity contribution >= 4 is 72.0 Å². The van der Waals surface area contributed by atoms with Gasteiger partial charge in [0.1, 0.15) is 36.4 Å². The van der Waals surface area contributed by atoms with Crippen molar-refractivity contribution in [2.24, 2.45) is 0 Å². The van der Waals surface area contributed by atoms with E-state index in [1.54, 1.807) is 0 Å². The minimum absolute atomic E-state index is 0.00411. The number of aliphatic hydroxyl groups excluding tert-OH is 3. The van der Waals surface area contributed by atoms with Crippen molar-refractivity contribution < 1.29 is 115 Å². The van der Waals surface area contributed by atoms with E-state index in [-0.39, 0.29) is 178 Å². The molecule has 0 fully saturated rings. The Morgan fingerprint density at radius 1 is 0.368 bits per heavy atom. The number of aldehydes is 3. The van der Waals surface area contributed by atoms with Gasteiger partial charge in [0.15, 0.2) is 37.7 Å². The summed E-state index contributed by atoms with van der Waals surface area (Å²) in [6.07, 6.45) is -2.47. The van der Waals surface area contributed by atoms with Crippen molar-refractivity contribution in [3.63, 3.8) is 0 Å². The summed E-state index contributed by atoms with van der Waals surface area (Å²) in [7, 11) is 3.91. The van der Waals surface area contributed by atoms with Crippen LogP contribution in [0.4, 0.5) is 0 Å². The summed E-state index contributed by atoms with van der Waals surface area (Å²) in [5, 5.41) is 57.4. The van der Waals surface area contributed by atoms with Crippen LogP contribution in [-0.2, 0) is 100 Å². The lowest BCUT2D eigenvalue weighted by atomic mass is 10.0. The Morgan fingerprint density at radius 3 is 0.821 bits per heavy atom. The Labute approximate surface area is 556 Å². The molecule has 0 rings (SSSR count). The molecule has 6 unspecified atom stereocenters. The van der Waals surface area contributed by atoms with Crippen LogP contribution in [0, 0.1) is 0 Å². The molecule has 0 bridgehead atoms. The zero-order chi connectivity index (χ0) is 71.2. The van der Waals surface area contributed by atoms with Crippen LogP contribution in [0.25, 0.3) is 0 Å². The number of rotatable bonds is 62. The van der Waals surface area contributed by atoms with Crippen molar-refractivity contribution in [1.29, 1.82) is 0 Å². The number of ether oxygens (including phenoxy) is 9. The second-order valence-corrected chi connectivity index (χ2v) is 22.5. The minimum atomic E-state index is -1.55. The molecule has 95 heavy (non-hydrogen) atoms. The third kappa shape index (κ3) is 45.7. The second-order valence-electron chi connectivity index (χ2n) is 22.5. The quantitative estimate of drug-likeness (QED) is 0.0159. The van der Waals surface area contributed by atoms with Gasteiger partial charge < -0.3 is 126 Å². The molecule has 0 saturated carbocycles. The molecule has 0 aromatic carbocycles. The highest BCUT2D eigenvalue weighted by Gasteiger charge is 2.34. The molecule has 0 heterocycles. The topological polar surface area (TPSA) is 469 Å². The molecule has 0 spiro atoms. The molecular formula is C61H110N10O24. The number of carbonyl (C=O) groups is 12. The van der Waals surface area contributed by atoms with Gasteiger partial charge in [0.2, 0.25) is 53.2 Å². The first-order chi connectivity index (χ1) is 45.4. The monoisotopic (exact) mass is 1370 g/mol. The first-order valence-corrected chi connectivity index (χ1v) is 32.2. The maximum Gasteiger partial charge on any atom is 0.222 e. The summed E-state index contributed by atoms with van der Waals surface area (Å²) in [6, 6.07) is -3.47. The SMILES string of the molecule is COC(OCCCCC(=O)NCCCNC(=O)CCOCC(COCCC(=O)NCCCNC(=O)CCCCOC(OC)C(NC(C)=O)[C@H](O)C=O)(COCCC(=O)NCCCNC(=O)CCCCOC(OC)C(NC(C)=O)[C@H](O)C=O)NC(C)C)C(NC(C)=O)[C@H](O)C=O. The normalized spacial score (nSPS) is 14.8. The van der Waals surface area contributed by atoms with E-state index in [1.807, 2.05) is 13.8 Å². The van der Waals surface area contributed by atoms with Gasteiger partial charge in [-0.25, -0.2) is 0 Å². The van der Waals surface area contributed by atoms with Gasteiger partial charge in [0.25, 0.3) is 0 Å². The highest BCUT2D eigenvalue weighted by atomic mass is 16.7. The summed E-state index contributed by atoms with van der Waals surface area (Å²) in [5.41, 5.74) is -1.00. The highest BCUT2D eigenvalue weighted by molar-refractivity contribution is 5.78. The van der Waals surface area contributed by atoms with E-state index in [0.29, 0.717) is 77.4 Å². The summed E-state index contributed by atoms with van der Waals surface area (Å²) < 4.78 is 50.5. The number of unbranched alkanes of at least 4 members (excludes halogenated alkanes) is 3. The number of hydrogen-bond acceptors (Lipinski definition) is 25. The first-order valence-electron chi connectivity index (χ1n) is 32.2. The maximum atomic E-state index is 12.8. The lowest BCUT2D eigenvalue weighted by molar-refractivity contribution is -0.165. The van der Waals surface area contributed by atoms with Gasteiger partial charge >= 0.3 is 0 Å². The summed E-state index contributed by atoms with van der Waals surface area (Å²) in [5.74, 6) is -2.95. The van der Waals surface area contributed by atoms with E-state index in [1.165, 1.54) is 42.1 Å². The fourth-order valence-electron chi connectivity index (χ4n) is 8.94. The molecule has 0 aromatic rings. The second kappa shape index (κ2) is 55.8. The molecule has 9 atom stereocenters. The molecule has 0 saturated heterocycles. The van der Waals surface area contributed by atoms with Crippen LogP contribution in [0.15, 0.2) is 0 Å². The van der Waals surface area contributed by atoms with E-state index in [4.69, 9.17) is 42.6 Å². The van der Waals surface area contributed by atoms with Crippen molar-refractivity contribution in [3.05, 3.63) is 0 Å². The average molecular weight is 1370 g/mol. The molecule has 13 N–H and O–H groups in total. The number of carbonyl (C=O) groups excluding carboxylic acids is 12. The molecule has 0 aliphatic carbocycles. The van der Waals surface area contributed by atoms with Gasteiger partial charge in [-0.05, 0) is 57.8 Å². The standard InChI is InChI=1S/C61H110N10O24/c1-42(2)71-61(39-90-33-21-52(84)65-27-15-24-62-49(81)18-9-12-30-93-58(87-6)55(46(78)36-72)68-43(3)75,40-91-34-22-53(85)66-28-16-25-63-50(82)19-10-13-31-94-59(88-7)56(47(79)37-73)69-44(4)76)41-92-35-23-54(86)67-29-17-26-64-51(83)20-11-14-32-95-60(89-8)57(48(80)38-74)70-45(5)77/h36-38,42,46-48,55-60,71,78-80H,9-35,39-41H2,1-8H3,(H,62,81)(H,63,82)(H,64,83)(H,65,84)(H,66,85)(H,67,86)(H,68,75)(H,69,76)(H,70,77)/t46-,47-,48-,55?,56?,57?,58?,59?,60?,61?/m1/s1. The Morgan fingerprint density at radius 2 is 0.611 bits per heavy atom. The van der Waals surface area contributed by atoms with Crippen molar-refractivity contribution in [2.45, 2.75) is 198 Å². The van der Waals surface area contributed by atoms with Gasteiger partial charge in [-0.3, -0.25) is 43.2 Å². The molecule has 9 amide bonds. The number of nitrogens with one attached hydrogen (secondary N) is 10. The molecule has 0 aliphatic rings. The fourth-order valence-corrected chi connectivity index (χ4v) is 8.94. The number of methoxy groups -OCH3 is 3. The van der Waals surface area contributed by atoms with E-state index in [9.17, 15) is 72.9 Å². The van der Waals surface area contributed by atoms with Gasteiger partial charge in [-0.15, -0.1) is 0 Å². The Hall–Kier alpha value is -6.28.